The number of hydrogen-bond donors (Lipinski definition) is 0. The fraction of sp³-hybridized carbons (Fsp3) is 0.0690. The average molecular weight is 754 g/mol. The predicted molar refractivity (Wildman–Crippen MR) is 247 cm³/mol. The molecule has 9 aromatic carbocycles. The van der Waals surface area contributed by atoms with Gasteiger partial charge in [0.15, 0.2) is 0 Å². The second kappa shape index (κ2) is 13.7. The van der Waals surface area contributed by atoms with Gasteiger partial charge in [0.2, 0.25) is 0 Å². The Balaban J connectivity index is 1.25. The molecular weight excluding hydrogens is 711 g/mol. The quantitative estimate of drug-likeness (QED) is 0.157. The van der Waals surface area contributed by atoms with Crippen molar-refractivity contribution in [1.29, 1.82) is 0 Å². The van der Waals surface area contributed by atoms with E-state index in [1.165, 1.54) is 77.9 Å². The van der Waals surface area contributed by atoms with Gasteiger partial charge in [-0.15, -0.1) is 0 Å². The highest BCUT2D eigenvalue weighted by Gasteiger charge is 2.47. The fourth-order valence-corrected chi connectivity index (χ4v) is 10.2. The molecule has 0 amide bonds. The molecule has 1 nitrogen and oxygen atoms in total. The molecule has 0 spiro atoms. The highest BCUT2D eigenvalue weighted by molar-refractivity contribution is 5.97. The second-order valence-corrected chi connectivity index (χ2v) is 16.5. The maximum absolute atomic E-state index is 2.53. The van der Waals surface area contributed by atoms with Crippen LogP contribution in [0.15, 0.2) is 224 Å². The van der Waals surface area contributed by atoms with Crippen LogP contribution < -0.4 is 4.90 Å². The third kappa shape index (κ3) is 5.39. The van der Waals surface area contributed by atoms with Crippen LogP contribution in [0.2, 0.25) is 0 Å². The van der Waals surface area contributed by atoms with Crippen LogP contribution in [0, 0.1) is 0 Å². The first-order chi connectivity index (χ1) is 29.0. The molecule has 0 heterocycles. The number of rotatable bonds is 7. The summed E-state index contributed by atoms with van der Waals surface area (Å²) in [4.78, 5) is 2.53. The lowest BCUT2D eigenvalue weighted by molar-refractivity contribution is 0.660. The largest absolute Gasteiger partial charge is 0.310 e. The maximum Gasteiger partial charge on any atom is 0.0714 e. The zero-order valence-corrected chi connectivity index (χ0v) is 33.3. The zero-order chi connectivity index (χ0) is 39.6. The van der Waals surface area contributed by atoms with Crippen LogP contribution in [0.25, 0.3) is 44.5 Å². The van der Waals surface area contributed by atoms with Gasteiger partial charge in [-0.05, 0) is 109 Å². The molecule has 0 unspecified atom stereocenters. The number of anilines is 3. The van der Waals surface area contributed by atoms with Crippen molar-refractivity contribution in [2.45, 2.75) is 24.7 Å². The molecule has 0 saturated heterocycles. The van der Waals surface area contributed by atoms with Gasteiger partial charge in [0.1, 0.15) is 0 Å². The lowest BCUT2D eigenvalue weighted by atomic mass is 9.67. The number of nitrogens with zero attached hydrogens (tertiary/aromatic N) is 1. The Hall–Kier alpha value is -7.22. The van der Waals surface area contributed by atoms with Gasteiger partial charge < -0.3 is 4.90 Å². The normalized spacial score (nSPS) is 13.9. The summed E-state index contributed by atoms with van der Waals surface area (Å²) in [5.41, 5.74) is 20.4. The molecule has 11 rings (SSSR count). The summed E-state index contributed by atoms with van der Waals surface area (Å²) in [5, 5.41) is 0. The molecule has 0 saturated carbocycles. The van der Waals surface area contributed by atoms with E-state index in [0.29, 0.717) is 0 Å². The summed E-state index contributed by atoms with van der Waals surface area (Å²) in [7, 11) is 0. The van der Waals surface area contributed by atoms with Crippen LogP contribution in [-0.2, 0) is 10.8 Å². The van der Waals surface area contributed by atoms with Gasteiger partial charge in [0, 0.05) is 22.4 Å². The maximum atomic E-state index is 2.53. The summed E-state index contributed by atoms with van der Waals surface area (Å²) in [5.74, 6) is 0. The highest BCUT2D eigenvalue weighted by atomic mass is 15.1. The van der Waals surface area contributed by atoms with E-state index in [4.69, 9.17) is 0 Å². The summed E-state index contributed by atoms with van der Waals surface area (Å²) >= 11 is 0. The van der Waals surface area contributed by atoms with E-state index in [-0.39, 0.29) is 5.41 Å². The Bertz CT molecular complexity index is 2960. The van der Waals surface area contributed by atoms with Gasteiger partial charge in [-0.25, -0.2) is 0 Å². The minimum atomic E-state index is -0.544. The smallest absolute Gasteiger partial charge is 0.0714 e. The molecule has 2 aliphatic carbocycles. The minimum Gasteiger partial charge on any atom is -0.310 e. The predicted octanol–water partition coefficient (Wildman–Crippen LogP) is 15.2. The molecule has 280 valence electrons. The van der Waals surface area contributed by atoms with Gasteiger partial charge >= 0.3 is 0 Å². The first-order valence-electron chi connectivity index (χ1n) is 20.7. The lowest BCUT2D eigenvalue weighted by Gasteiger charge is -2.36. The topological polar surface area (TPSA) is 3.24 Å². The molecule has 59 heavy (non-hydrogen) atoms. The van der Waals surface area contributed by atoms with Crippen molar-refractivity contribution in [3.8, 4) is 44.5 Å². The van der Waals surface area contributed by atoms with E-state index in [1.807, 2.05) is 0 Å². The number of hydrogen-bond acceptors (Lipinski definition) is 1. The standard InChI is InChI=1S/C58H43N/c1-57(2)52-32-17-15-30-47(52)49-35-34-46(37-54(49)57)59(45-29-19-24-42(36-45)40-20-7-3-8-21-40)56-39-55-51(38-50(56)41-22-9-4-10-23-41)48-31-16-18-33-53(48)58(55,43-25-11-5-12-26-43)44-27-13-6-14-28-44/h3-39H,1-2H3. The molecule has 0 N–H and O–H groups in total. The third-order valence-electron chi connectivity index (χ3n) is 12.9. The van der Waals surface area contributed by atoms with Crippen LogP contribution in [0.3, 0.4) is 0 Å². The molecule has 0 radical (unpaired) electrons. The summed E-state index contributed by atoms with van der Waals surface area (Å²) in [6, 6.07) is 83.2. The molecule has 2 aliphatic rings. The first-order valence-corrected chi connectivity index (χ1v) is 20.7. The van der Waals surface area contributed by atoms with Crippen molar-refractivity contribution < 1.29 is 0 Å². The highest BCUT2D eigenvalue weighted by Crippen LogP contribution is 2.59. The first kappa shape index (κ1) is 35.0. The van der Waals surface area contributed by atoms with E-state index in [0.717, 1.165) is 17.1 Å². The van der Waals surface area contributed by atoms with Crippen molar-refractivity contribution in [1.82, 2.24) is 0 Å². The Morgan fingerprint density at radius 3 is 1.47 bits per heavy atom. The third-order valence-corrected chi connectivity index (χ3v) is 12.9. The van der Waals surface area contributed by atoms with Crippen LogP contribution in [-0.4, -0.2) is 0 Å². The monoisotopic (exact) mass is 753 g/mol. The van der Waals surface area contributed by atoms with Gasteiger partial charge in [-0.1, -0.05) is 202 Å². The van der Waals surface area contributed by atoms with Crippen molar-refractivity contribution in [2.24, 2.45) is 0 Å². The van der Waals surface area contributed by atoms with Crippen LogP contribution in [0.5, 0.6) is 0 Å². The van der Waals surface area contributed by atoms with E-state index < -0.39 is 5.41 Å². The molecule has 1 heteroatoms. The van der Waals surface area contributed by atoms with Gasteiger partial charge in [-0.3, -0.25) is 0 Å². The molecule has 9 aromatic rings. The Kier molecular flexibility index (Phi) is 8.13. The summed E-state index contributed by atoms with van der Waals surface area (Å²) < 4.78 is 0. The van der Waals surface area contributed by atoms with Crippen LogP contribution >= 0.6 is 0 Å². The lowest BCUT2D eigenvalue weighted by Crippen LogP contribution is -2.28. The second-order valence-electron chi connectivity index (χ2n) is 16.5. The van der Waals surface area contributed by atoms with Crippen molar-refractivity contribution in [3.63, 3.8) is 0 Å². The van der Waals surface area contributed by atoms with E-state index in [9.17, 15) is 0 Å². The van der Waals surface area contributed by atoms with Crippen molar-refractivity contribution in [2.75, 3.05) is 4.90 Å². The van der Waals surface area contributed by atoms with E-state index >= 15 is 0 Å². The SMILES string of the molecule is CC1(C)c2ccccc2-c2ccc(N(c3cccc(-c4ccccc4)c3)c3cc4c(cc3-c3ccccc3)-c3ccccc3C4(c3ccccc3)c3ccccc3)cc21. The number of fused-ring (bicyclic) bond motifs is 6. The van der Waals surface area contributed by atoms with Gasteiger partial charge in [0.25, 0.3) is 0 Å². The summed E-state index contributed by atoms with van der Waals surface area (Å²) in [6.07, 6.45) is 0. The molecule has 0 fully saturated rings. The van der Waals surface area contributed by atoms with Crippen molar-refractivity contribution >= 4 is 17.1 Å². The van der Waals surface area contributed by atoms with E-state index in [2.05, 4.69) is 243 Å². The number of benzene rings is 9. The molecule has 0 aromatic heterocycles. The Labute approximate surface area is 347 Å². The molecule has 0 atom stereocenters. The average Bonchev–Trinajstić information content (AvgIpc) is 3.72. The van der Waals surface area contributed by atoms with Crippen molar-refractivity contribution in [3.05, 3.63) is 258 Å². The van der Waals surface area contributed by atoms with Gasteiger partial charge in [-0.2, -0.15) is 0 Å². The molecule has 0 bridgehead atoms. The summed E-state index contributed by atoms with van der Waals surface area (Å²) in [6.45, 7) is 4.75. The Morgan fingerprint density at radius 2 is 0.814 bits per heavy atom. The minimum absolute atomic E-state index is 0.156. The van der Waals surface area contributed by atoms with Gasteiger partial charge in [0.05, 0.1) is 11.1 Å². The van der Waals surface area contributed by atoms with Crippen LogP contribution in [0.4, 0.5) is 17.1 Å². The zero-order valence-electron chi connectivity index (χ0n) is 33.3. The van der Waals surface area contributed by atoms with Crippen LogP contribution in [0.1, 0.15) is 47.2 Å². The fourth-order valence-electron chi connectivity index (χ4n) is 10.2. The molecular formula is C58H43N. The Morgan fingerprint density at radius 1 is 0.305 bits per heavy atom. The van der Waals surface area contributed by atoms with E-state index in [1.54, 1.807) is 0 Å². The molecule has 0 aliphatic heterocycles.